The molecule has 5 nitrogen and oxygen atoms in total. The fraction of sp³-hybridized carbons (Fsp3) is 0.0476. The van der Waals surface area contributed by atoms with E-state index in [-0.39, 0.29) is 11.0 Å². The number of carbonyl (C=O) groups excluding carboxylic acids is 1. The molecule has 0 saturated heterocycles. The molecular formula is C21H18ClN3O2S. The zero-order valence-corrected chi connectivity index (χ0v) is 16.6. The normalized spacial score (nSPS) is 10.6. The maximum Gasteiger partial charge on any atom is 0.250 e. The number of nitrogens with one attached hydrogen (secondary N) is 3. The Balaban J connectivity index is 1.53. The smallest absolute Gasteiger partial charge is 0.250 e. The van der Waals surface area contributed by atoms with E-state index in [0.29, 0.717) is 16.5 Å². The summed E-state index contributed by atoms with van der Waals surface area (Å²) in [6, 6.07) is 18.7. The van der Waals surface area contributed by atoms with Crippen molar-refractivity contribution in [2.24, 2.45) is 0 Å². The van der Waals surface area contributed by atoms with Gasteiger partial charge in [-0.2, -0.15) is 0 Å². The number of anilines is 1. The van der Waals surface area contributed by atoms with Crippen LogP contribution in [-0.4, -0.2) is 11.0 Å². The van der Waals surface area contributed by atoms with Gasteiger partial charge in [0.15, 0.2) is 5.11 Å². The Morgan fingerprint density at radius 2 is 1.89 bits per heavy atom. The molecule has 28 heavy (non-hydrogen) atoms. The Labute approximate surface area is 173 Å². The molecule has 0 aliphatic heterocycles. The van der Waals surface area contributed by atoms with Crippen LogP contribution in [0.3, 0.4) is 0 Å². The van der Waals surface area contributed by atoms with Crippen LogP contribution in [0.15, 0.2) is 71.2 Å². The molecule has 3 rings (SSSR count). The summed E-state index contributed by atoms with van der Waals surface area (Å²) in [5.74, 6) is 0.845. The topological polar surface area (TPSA) is 66.3 Å². The predicted octanol–water partition coefficient (Wildman–Crippen LogP) is 4.94. The van der Waals surface area contributed by atoms with E-state index >= 15 is 0 Å². The number of halogens is 1. The van der Waals surface area contributed by atoms with Crippen molar-refractivity contribution >= 4 is 46.6 Å². The Morgan fingerprint density at radius 1 is 1.11 bits per heavy atom. The molecule has 0 fully saturated rings. The molecule has 142 valence electrons. The summed E-state index contributed by atoms with van der Waals surface area (Å²) in [6.07, 6.45) is 2.92. The van der Waals surface area contributed by atoms with Crippen molar-refractivity contribution < 1.29 is 9.21 Å². The van der Waals surface area contributed by atoms with Crippen LogP contribution in [0.2, 0.25) is 5.02 Å². The maximum absolute atomic E-state index is 12.0. The maximum atomic E-state index is 12.0. The summed E-state index contributed by atoms with van der Waals surface area (Å²) >= 11 is 11.2. The van der Waals surface area contributed by atoms with E-state index in [4.69, 9.17) is 28.2 Å². The van der Waals surface area contributed by atoms with Crippen LogP contribution in [0.5, 0.6) is 0 Å². The summed E-state index contributed by atoms with van der Waals surface area (Å²) in [5, 5.41) is 3.38. The third kappa shape index (κ3) is 5.45. The molecular weight excluding hydrogens is 394 g/mol. The van der Waals surface area contributed by atoms with E-state index < -0.39 is 0 Å². The predicted molar refractivity (Wildman–Crippen MR) is 117 cm³/mol. The lowest BCUT2D eigenvalue weighted by Gasteiger charge is -2.10. The number of furan rings is 1. The van der Waals surface area contributed by atoms with Crippen molar-refractivity contribution in [1.82, 2.24) is 10.7 Å². The lowest BCUT2D eigenvalue weighted by molar-refractivity contribution is -0.115. The number of hydrogen-bond acceptors (Lipinski definition) is 4. The van der Waals surface area contributed by atoms with Crippen molar-refractivity contribution in [2.45, 2.75) is 6.92 Å². The Hall–Kier alpha value is -3.09. The van der Waals surface area contributed by atoms with Crippen molar-refractivity contribution in [3.05, 3.63) is 83.1 Å². The number of carbonyl (C=O) groups is 1. The molecule has 3 N–H and O–H groups in total. The number of thiocarbonyl (C=S) groups is 1. The van der Waals surface area contributed by atoms with Crippen molar-refractivity contribution in [2.75, 3.05) is 5.43 Å². The number of para-hydroxylation sites is 1. The molecule has 3 aromatic rings. The zero-order chi connectivity index (χ0) is 19.9. The molecule has 1 heterocycles. The molecule has 0 saturated carbocycles. The molecule has 0 spiro atoms. The largest absolute Gasteiger partial charge is 0.457 e. The molecule has 0 atom stereocenters. The van der Waals surface area contributed by atoms with Gasteiger partial charge in [0.1, 0.15) is 11.5 Å². The lowest BCUT2D eigenvalue weighted by Crippen LogP contribution is -2.41. The minimum absolute atomic E-state index is 0.160. The molecule has 2 aromatic carbocycles. The highest BCUT2D eigenvalue weighted by molar-refractivity contribution is 7.80. The number of amides is 1. The summed E-state index contributed by atoms with van der Waals surface area (Å²) in [5.41, 5.74) is 8.34. The van der Waals surface area contributed by atoms with Crippen molar-refractivity contribution in [1.29, 1.82) is 0 Å². The van der Waals surface area contributed by atoms with Crippen LogP contribution in [0.1, 0.15) is 11.3 Å². The first-order valence-corrected chi connectivity index (χ1v) is 9.26. The molecule has 0 bridgehead atoms. The fourth-order valence-corrected chi connectivity index (χ4v) is 2.67. The first-order valence-electron chi connectivity index (χ1n) is 8.48. The second-order valence-electron chi connectivity index (χ2n) is 5.93. The molecule has 1 amide bonds. The van der Waals surface area contributed by atoms with Crippen LogP contribution in [0.4, 0.5) is 5.69 Å². The van der Waals surface area contributed by atoms with Gasteiger partial charge in [-0.25, -0.2) is 0 Å². The summed E-state index contributed by atoms with van der Waals surface area (Å²) < 4.78 is 5.74. The van der Waals surface area contributed by atoms with Crippen LogP contribution in [0, 0.1) is 6.92 Å². The third-order valence-corrected chi connectivity index (χ3v) is 4.42. The second kappa shape index (κ2) is 9.21. The minimum Gasteiger partial charge on any atom is -0.457 e. The van der Waals surface area contributed by atoms with Gasteiger partial charge in [-0.3, -0.25) is 21.0 Å². The highest BCUT2D eigenvalue weighted by atomic mass is 35.5. The molecule has 0 aliphatic carbocycles. The van der Waals surface area contributed by atoms with Gasteiger partial charge in [0, 0.05) is 16.7 Å². The van der Waals surface area contributed by atoms with Crippen LogP contribution in [-0.2, 0) is 4.79 Å². The van der Waals surface area contributed by atoms with Crippen LogP contribution >= 0.6 is 23.8 Å². The quantitative estimate of drug-likeness (QED) is 0.315. The summed E-state index contributed by atoms with van der Waals surface area (Å²) in [4.78, 5) is 12.0. The SMILES string of the molecule is Cc1ccc(-c2ccc(/C=C/C(=O)NC(=S)NNc3ccccc3)o2)cc1Cl. The Morgan fingerprint density at radius 3 is 2.64 bits per heavy atom. The summed E-state index contributed by atoms with van der Waals surface area (Å²) in [6.45, 7) is 1.94. The van der Waals surface area contributed by atoms with E-state index in [0.717, 1.165) is 16.8 Å². The number of benzene rings is 2. The first kappa shape index (κ1) is 19.7. The minimum atomic E-state index is -0.372. The molecule has 0 aliphatic rings. The molecule has 0 radical (unpaired) electrons. The number of hydrazine groups is 1. The fourth-order valence-electron chi connectivity index (χ4n) is 2.34. The van der Waals surface area contributed by atoms with Crippen LogP contribution in [0.25, 0.3) is 17.4 Å². The van der Waals surface area contributed by atoms with E-state index in [1.807, 2.05) is 61.5 Å². The van der Waals surface area contributed by atoms with Gasteiger partial charge in [-0.15, -0.1) is 0 Å². The third-order valence-electron chi connectivity index (χ3n) is 3.81. The lowest BCUT2D eigenvalue weighted by atomic mass is 10.1. The molecule has 7 heteroatoms. The van der Waals surface area contributed by atoms with Gasteiger partial charge >= 0.3 is 0 Å². The van der Waals surface area contributed by atoms with Gasteiger partial charge in [-0.05, 0) is 61.1 Å². The zero-order valence-electron chi connectivity index (χ0n) is 15.0. The van der Waals surface area contributed by atoms with Gasteiger partial charge in [0.25, 0.3) is 0 Å². The van der Waals surface area contributed by atoms with E-state index in [1.165, 1.54) is 6.08 Å². The van der Waals surface area contributed by atoms with Gasteiger partial charge < -0.3 is 4.42 Å². The highest BCUT2D eigenvalue weighted by Gasteiger charge is 2.06. The standard InChI is InChI=1S/C21H18ClN3O2S/c1-14-7-8-15(13-18(14)22)19-11-9-17(27-19)10-12-20(26)23-21(28)25-24-16-5-3-2-4-6-16/h2-13,24H,1H3,(H2,23,25,26,28)/b12-10+. The van der Waals surface area contributed by atoms with Gasteiger partial charge in [-0.1, -0.05) is 41.9 Å². The van der Waals surface area contributed by atoms with E-state index in [9.17, 15) is 4.79 Å². The Bertz CT molecular complexity index is 1020. The number of hydrogen-bond donors (Lipinski definition) is 3. The first-order chi connectivity index (χ1) is 13.5. The van der Waals surface area contributed by atoms with E-state index in [2.05, 4.69) is 16.2 Å². The van der Waals surface area contributed by atoms with E-state index in [1.54, 1.807) is 12.1 Å². The van der Waals surface area contributed by atoms with Crippen molar-refractivity contribution in [3.8, 4) is 11.3 Å². The number of rotatable bonds is 5. The van der Waals surface area contributed by atoms with Crippen LogP contribution < -0.4 is 16.2 Å². The highest BCUT2D eigenvalue weighted by Crippen LogP contribution is 2.27. The van der Waals surface area contributed by atoms with Gasteiger partial charge in [0.2, 0.25) is 5.91 Å². The monoisotopic (exact) mass is 411 g/mol. The Kier molecular flexibility index (Phi) is 6.47. The second-order valence-corrected chi connectivity index (χ2v) is 6.75. The average Bonchev–Trinajstić information content (AvgIpc) is 3.17. The summed E-state index contributed by atoms with van der Waals surface area (Å²) in [7, 11) is 0. The molecule has 0 unspecified atom stereocenters. The van der Waals surface area contributed by atoms with Gasteiger partial charge in [0.05, 0.1) is 5.69 Å². The molecule has 1 aromatic heterocycles. The van der Waals surface area contributed by atoms with Crippen molar-refractivity contribution in [3.63, 3.8) is 0 Å². The number of aryl methyl sites for hydroxylation is 1. The average molecular weight is 412 g/mol.